The number of methoxy groups -OCH3 is 1. The van der Waals surface area contributed by atoms with Crippen LogP contribution in [0.3, 0.4) is 0 Å². The van der Waals surface area contributed by atoms with Crippen molar-refractivity contribution >= 4 is 11.9 Å². The minimum atomic E-state index is -2.30. The molecule has 8 heteroatoms. The van der Waals surface area contributed by atoms with Gasteiger partial charge in [-0.2, -0.15) is 0 Å². The second-order valence-electron chi connectivity index (χ2n) is 4.94. The molecule has 3 unspecified atom stereocenters. The third-order valence-corrected chi connectivity index (χ3v) is 3.61. The summed E-state index contributed by atoms with van der Waals surface area (Å²) in [7, 11) is 1.12. The molecule has 0 aromatic carbocycles. The molecule has 8 nitrogen and oxygen atoms in total. The minimum Gasteiger partial charge on any atom is -0.481 e. The molecular weight excluding hydrogens is 296 g/mol. The summed E-state index contributed by atoms with van der Waals surface area (Å²) in [6, 6.07) is 0. The molecule has 0 aliphatic carbocycles. The van der Waals surface area contributed by atoms with Crippen LogP contribution in [0.15, 0.2) is 0 Å². The van der Waals surface area contributed by atoms with E-state index in [9.17, 15) is 19.8 Å². The molecule has 1 saturated heterocycles. The van der Waals surface area contributed by atoms with Crippen LogP contribution in [0.5, 0.6) is 0 Å². The largest absolute Gasteiger partial charge is 0.481 e. The molecule has 1 fully saturated rings. The van der Waals surface area contributed by atoms with Gasteiger partial charge in [-0.3, -0.25) is 4.79 Å². The van der Waals surface area contributed by atoms with Crippen molar-refractivity contribution in [1.82, 2.24) is 0 Å². The van der Waals surface area contributed by atoms with Gasteiger partial charge in [-0.25, -0.2) is 4.79 Å². The van der Waals surface area contributed by atoms with Crippen molar-refractivity contribution in [2.24, 2.45) is 5.92 Å². The number of hydrogen-bond acceptors (Lipinski definition) is 6. The second kappa shape index (κ2) is 9.04. The number of ether oxygens (including phenoxy) is 4. The molecule has 0 aromatic rings. The molecular formula is C14H24O8. The van der Waals surface area contributed by atoms with Gasteiger partial charge in [-0.05, 0) is 26.2 Å². The Labute approximate surface area is 129 Å². The lowest BCUT2D eigenvalue weighted by molar-refractivity contribution is -0.274. The Morgan fingerprint density at radius 2 is 2.05 bits per heavy atom. The van der Waals surface area contributed by atoms with Gasteiger partial charge < -0.3 is 29.2 Å². The van der Waals surface area contributed by atoms with E-state index in [0.29, 0.717) is 19.6 Å². The number of carboxylic acids is 2. The van der Waals surface area contributed by atoms with Crippen molar-refractivity contribution in [3.05, 3.63) is 0 Å². The Morgan fingerprint density at radius 3 is 2.50 bits per heavy atom. The molecule has 2 N–H and O–H groups in total. The minimum absolute atomic E-state index is 0.0928. The van der Waals surface area contributed by atoms with E-state index in [1.807, 2.05) is 0 Å². The fourth-order valence-corrected chi connectivity index (χ4v) is 2.55. The lowest BCUT2D eigenvalue weighted by Crippen LogP contribution is -2.58. The molecule has 1 aliphatic heterocycles. The van der Waals surface area contributed by atoms with Crippen LogP contribution in [-0.4, -0.2) is 67.6 Å². The lowest BCUT2D eigenvalue weighted by Gasteiger charge is -2.38. The lowest BCUT2D eigenvalue weighted by atomic mass is 9.87. The Morgan fingerprint density at radius 1 is 1.32 bits per heavy atom. The summed E-state index contributed by atoms with van der Waals surface area (Å²) >= 11 is 0. The smallest absolute Gasteiger partial charge is 0.365 e. The van der Waals surface area contributed by atoms with Gasteiger partial charge in [-0.15, -0.1) is 0 Å². The topological polar surface area (TPSA) is 112 Å². The Hall–Kier alpha value is -1.22. The molecule has 0 radical (unpaired) electrons. The van der Waals surface area contributed by atoms with Gasteiger partial charge in [-0.1, -0.05) is 0 Å². The van der Waals surface area contributed by atoms with E-state index in [2.05, 4.69) is 0 Å². The highest BCUT2D eigenvalue weighted by Crippen LogP contribution is 2.33. The maximum absolute atomic E-state index is 11.7. The van der Waals surface area contributed by atoms with Crippen molar-refractivity contribution in [2.45, 2.75) is 38.1 Å². The summed E-state index contributed by atoms with van der Waals surface area (Å²) in [6.45, 7) is 2.69. The first kappa shape index (κ1) is 18.8. The molecule has 128 valence electrons. The van der Waals surface area contributed by atoms with Crippen LogP contribution in [-0.2, 0) is 28.5 Å². The monoisotopic (exact) mass is 320 g/mol. The average Bonchev–Trinajstić information content (AvgIpc) is 2.50. The SMILES string of the molecule is CCOCCOC(OC)(C(=O)O)C(C(=O)O)C1CCCCO1. The van der Waals surface area contributed by atoms with Crippen molar-refractivity contribution in [2.75, 3.05) is 33.5 Å². The fraction of sp³-hybridized carbons (Fsp3) is 0.857. The molecule has 22 heavy (non-hydrogen) atoms. The van der Waals surface area contributed by atoms with Crippen LogP contribution in [0.2, 0.25) is 0 Å². The molecule has 0 amide bonds. The highest BCUT2D eigenvalue weighted by molar-refractivity contribution is 5.85. The predicted octanol–water partition coefficient (Wildman–Crippen LogP) is 0.737. The van der Waals surface area contributed by atoms with E-state index >= 15 is 0 Å². The van der Waals surface area contributed by atoms with Gasteiger partial charge in [0.2, 0.25) is 0 Å². The van der Waals surface area contributed by atoms with Gasteiger partial charge in [0.15, 0.2) is 0 Å². The maximum atomic E-state index is 11.7. The van der Waals surface area contributed by atoms with Gasteiger partial charge in [0.1, 0.15) is 5.92 Å². The summed E-state index contributed by atoms with van der Waals surface area (Å²) in [4.78, 5) is 23.4. The first-order chi connectivity index (χ1) is 10.5. The van der Waals surface area contributed by atoms with E-state index in [0.717, 1.165) is 20.0 Å². The third kappa shape index (κ3) is 4.39. The third-order valence-electron chi connectivity index (χ3n) is 3.61. The first-order valence-corrected chi connectivity index (χ1v) is 7.34. The van der Waals surface area contributed by atoms with E-state index in [1.54, 1.807) is 6.92 Å². The zero-order valence-electron chi connectivity index (χ0n) is 12.9. The highest BCUT2D eigenvalue weighted by atomic mass is 16.7. The number of hydrogen-bond donors (Lipinski definition) is 2. The zero-order chi connectivity index (χ0) is 16.6. The second-order valence-corrected chi connectivity index (χ2v) is 4.94. The Bertz CT molecular complexity index is 366. The van der Waals surface area contributed by atoms with Crippen LogP contribution in [0.1, 0.15) is 26.2 Å². The number of carbonyl (C=O) groups is 2. The Balaban J connectivity index is 2.97. The number of carboxylic acid groups (broad SMARTS) is 2. The van der Waals surface area contributed by atoms with Crippen molar-refractivity contribution in [1.29, 1.82) is 0 Å². The average molecular weight is 320 g/mol. The predicted molar refractivity (Wildman–Crippen MR) is 74.5 cm³/mol. The van der Waals surface area contributed by atoms with Crippen LogP contribution in [0, 0.1) is 5.92 Å². The molecule has 0 saturated carbocycles. The summed E-state index contributed by atoms with van der Waals surface area (Å²) in [6.07, 6.45) is 1.27. The molecule has 1 aliphatic rings. The molecule has 1 heterocycles. The van der Waals surface area contributed by atoms with Gasteiger partial charge in [0, 0.05) is 20.3 Å². The number of aliphatic carboxylic acids is 2. The molecule has 0 spiro atoms. The van der Waals surface area contributed by atoms with Gasteiger partial charge >= 0.3 is 11.9 Å². The van der Waals surface area contributed by atoms with Gasteiger partial charge in [0.05, 0.1) is 19.3 Å². The zero-order valence-corrected chi connectivity index (χ0v) is 12.9. The molecule has 1 rings (SSSR count). The quantitative estimate of drug-likeness (QED) is 0.448. The summed E-state index contributed by atoms with van der Waals surface area (Å²) < 4.78 is 20.9. The van der Waals surface area contributed by atoms with E-state index in [1.165, 1.54) is 0 Å². The first-order valence-electron chi connectivity index (χ1n) is 7.34. The van der Waals surface area contributed by atoms with Crippen LogP contribution < -0.4 is 0 Å². The van der Waals surface area contributed by atoms with Crippen LogP contribution >= 0.6 is 0 Å². The molecule has 0 aromatic heterocycles. The van der Waals surface area contributed by atoms with Crippen molar-refractivity contribution in [3.63, 3.8) is 0 Å². The highest BCUT2D eigenvalue weighted by Gasteiger charge is 2.56. The Kier molecular flexibility index (Phi) is 7.74. The standard InChI is InChI=1S/C14H24O8/c1-3-20-8-9-22-14(19-2,13(17)18)11(12(15)16)10-6-4-5-7-21-10/h10-11H,3-9H2,1-2H3,(H,15,16)(H,17,18). The maximum Gasteiger partial charge on any atom is 0.365 e. The molecule has 0 bridgehead atoms. The number of rotatable bonds is 10. The fourth-order valence-electron chi connectivity index (χ4n) is 2.55. The van der Waals surface area contributed by atoms with Crippen molar-refractivity contribution in [3.8, 4) is 0 Å². The molecule has 3 atom stereocenters. The van der Waals surface area contributed by atoms with E-state index < -0.39 is 29.7 Å². The van der Waals surface area contributed by atoms with Crippen LogP contribution in [0.4, 0.5) is 0 Å². The van der Waals surface area contributed by atoms with Crippen LogP contribution in [0.25, 0.3) is 0 Å². The summed E-state index contributed by atoms with van der Waals surface area (Å²) in [5, 5.41) is 19.0. The normalized spacial score (nSPS) is 22.7. The van der Waals surface area contributed by atoms with E-state index in [4.69, 9.17) is 18.9 Å². The summed E-state index contributed by atoms with van der Waals surface area (Å²) in [5.41, 5.74) is 0. The summed E-state index contributed by atoms with van der Waals surface area (Å²) in [5.74, 6) is -6.58. The van der Waals surface area contributed by atoms with E-state index in [-0.39, 0.29) is 13.2 Å². The van der Waals surface area contributed by atoms with Gasteiger partial charge in [0.25, 0.3) is 5.79 Å². The van der Waals surface area contributed by atoms with Crippen molar-refractivity contribution < 1.29 is 38.7 Å².